The fourth-order valence-corrected chi connectivity index (χ4v) is 4.81. The molecule has 0 radical (unpaired) electrons. The summed E-state index contributed by atoms with van der Waals surface area (Å²) in [5.74, 6) is -0.270. The smallest absolute Gasteiger partial charge is 0.312 e. The van der Waals surface area contributed by atoms with Crippen molar-refractivity contribution in [3.63, 3.8) is 0 Å². The van der Waals surface area contributed by atoms with Gasteiger partial charge in [-0.3, -0.25) is 9.59 Å². The summed E-state index contributed by atoms with van der Waals surface area (Å²) in [6.07, 6.45) is -0.101. The number of hydrogen-bond donors (Lipinski definition) is 2. The second-order valence-corrected chi connectivity index (χ2v) is 8.53. The molecule has 10 nitrogen and oxygen atoms in total. The van der Waals surface area contributed by atoms with Gasteiger partial charge in [0, 0.05) is 34.7 Å². The van der Waals surface area contributed by atoms with Crippen molar-refractivity contribution in [1.82, 2.24) is 0 Å². The first-order chi connectivity index (χ1) is 18.3. The molecule has 196 valence electrons. The van der Waals surface area contributed by atoms with Crippen molar-refractivity contribution in [2.75, 3.05) is 28.4 Å². The molecule has 1 atom stereocenters. The van der Waals surface area contributed by atoms with Crippen molar-refractivity contribution < 1.29 is 43.1 Å². The molecule has 38 heavy (non-hydrogen) atoms. The predicted octanol–water partition coefficient (Wildman–Crippen LogP) is 4.35. The zero-order chi connectivity index (χ0) is 27.1. The summed E-state index contributed by atoms with van der Waals surface area (Å²) >= 11 is 0. The number of hydrogen-bond acceptors (Lipinski definition) is 10. The van der Waals surface area contributed by atoms with Gasteiger partial charge in [0.15, 0.2) is 28.4 Å². The second kappa shape index (κ2) is 9.55. The lowest BCUT2D eigenvalue weighted by molar-refractivity contribution is -0.135. The molecular formula is C28H24O10. The van der Waals surface area contributed by atoms with Gasteiger partial charge >= 0.3 is 5.97 Å². The van der Waals surface area contributed by atoms with Crippen LogP contribution in [0.1, 0.15) is 23.5 Å². The van der Waals surface area contributed by atoms with E-state index < -0.39 is 23.1 Å². The molecule has 3 aromatic carbocycles. The highest BCUT2D eigenvalue weighted by atomic mass is 16.5. The van der Waals surface area contributed by atoms with Gasteiger partial charge in [0.2, 0.25) is 5.75 Å². The van der Waals surface area contributed by atoms with E-state index in [-0.39, 0.29) is 40.4 Å². The molecule has 0 saturated carbocycles. The van der Waals surface area contributed by atoms with Crippen LogP contribution in [0.4, 0.5) is 0 Å². The number of phenols is 2. The maximum absolute atomic E-state index is 13.2. The normalized spacial score (nSPS) is 14.5. The van der Waals surface area contributed by atoms with Gasteiger partial charge in [-0.1, -0.05) is 6.07 Å². The minimum absolute atomic E-state index is 0.0344. The number of rotatable bonds is 6. The predicted molar refractivity (Wildman–Crippen MR) is 136 cm³/mol. The molecule has 4 aromatic rings. The van der Waals surface area contributed by atoms with Crippen molar-refractivity contribution in [3.8, 4) is 51.6 Å². The number of benzene rings is 3. The Balaban J connectivity index is 1.81. The number of carbonyl (C=O) groups excluding carboxylic acids is 1. The Morgan fingerprint density at radius 3 is 2.18 bits per heavy atom. The average Bonchev–Trinajstić information content (AvgIpc) is 2.90. The van der Waals surface area contributed by atoms with Crippen LogP contribution in [0.25, 0.3) is 22.3 Å². The van der Waals surface area contributed by atoms with E-state index in [0.29, 0.717) is 33.9 Å². The highest BCUT2D eigenvalue weighted by Gasteiger charge is 2.36. The molecule has 0 bridgehead atoms. The lowest BCUT2D eigenvalue weighted by Crippen LogP contribution is -2.22. The summed E-state index contributed by atoms with van der Waals surface area (Å²) in [6, 6.07) is 10.4. The van der Waals surface area contributed by atoms with Gasteiger partial charge in [-0.25, -0.2) is 0 Å². The fourth-order valence-electron chi connectivity index (χ4n) is 4.81. The third kappa shape index (κ3) is 3.90. The Morgan fingerprint density at radius 1 is 0.816 bits per heavy atom. The Kier molecular flexibility index (Phi) is 6.23. The zero-order valence-corrected chi connectivity index (χ0v) is 21.0. The fraction of sp³-hybridized carbons (Fsp3) is 0.214. The van der Waals surface area contributed by atoms with E-state index in [1.807, 2.05) is 0 Å². The maximum atomic E-state index is 13.2. The van der Waals surface area contributed by atoms with Crippen molar-refractivity contribution >= 4 is 16.9 Å². The van der Waals surface area contributed by atoms with Crippen molar-refractivity contribution in [2.45, 2.75) is 12.3 Å². The van der Waals surface area contributed by atoms with Crippen LogP contribution in [-0.2, 0) is 4.79 Å². The van der Waals surface area contributed by atoms with Crippen LogP contribution in [-0.4, -0.2) is 44.6 Å². The van der Waals surface area contributed by atoms with Crippen LogP contribution < -0.4 is 29.1 Å². The van der Waals surface area contributed by atoms with Gasteiger partial charge in [-0.05, 0) is 24.3 Å². The highest BCUT2D eigenvalue weighted by molar-refractivity contribution is 5.93. The Hall–Kier alpha value is -4.86. The quantitative estimate of drug-likeness (QED) is 0.279. The Morgan fingerprint density at radius 2 is 1.53 bits per heavy atom. The summed E-state index contributed by atoms with van der Waals surface area (Å²) in [7, 11) is 5.85. The van der Waals surface area contributed by atoms with E-state index in [0.717, 1.165) is 0 Å². The van der Waals surface area contributed by atoms with Gasteiger partial charge in [-0.15, -0.1) is 0 Å². The number of aromatic hydroxyl groups is 2. The van der Waals surface area contributed by atoms with E-state index in [2.05, 4.69) is 0 Å². The second-order valence-electron chi connectivity index (χ2n) is 8.53. The Bertz CT molecular complexity index is 1640. The van der Waals surface area contributed by atoms with Gasteiger partial charge in [-0.2, -0.15) is 0 Å². The number of fused-ring (bicyclic) bond motifs is 3. The van der Waals surface area contributed by atoms with E-state index in [4.69, 9.17) is 28.1 Å². The van der Waals surface area contributed by atoms with E-state index in [1.165, 1.54) is 52.7 Å². The molecule has 1 aliphatic heterocycles. The molecular weight excluding hydrogens is 496 g/mol. The van der Waals surface area contributed by atoms with E-state index >= 15 is 0 Å². The largest absolute Gasteiger partial charge is 0.507 e. The lowest BCUT2D eigenvalue weighted by atomic mass is 9.84. The molecule has 0 spiro atoms. The van der Waals surface area contributed by atoms with Crippen LogP contribution in [0.15, 0.2) is 51.7 Å². The van der Waals surface area contributed by atoms with Crippen LogP contribution in [0.2, 0.25) is 0 Å². The third-order valence-corrected chi connectivity index (χ3v) is 6.50. The van der Waals surface area contributed by atoms with Crippen molar-refractivity contribution in [3.05, 3.63) is 63.8 Å². The van der Waals surface area contributed by atoms with Crippen LogP contribution >= 0.6 is 0 Å². The van der Waals surface area contributed by atoms with Crippen molar-refractivity contribution in [2.24, 2.45) is 0 Å². The first-order valence-electron chi connectivity index (χ1n) is 11.5. The molecule has 0 fully saturated rings. The number of carbonyl (C=O) groups is 1. The maximum Gasteiger partial charge on any atom is 0.312 e. The van der Waals surface area contributed by atoms with Gasteiger partial charge in [0.05, 0.1) is 34.9 Å². The average molecular weight is 520 g/mol. The van der Waals surface area contributed by atoms with Gasteiger partial charge < -0.3 is 38.3 Å². The van der Waals surface area contributed by atoms with E-state index in [9.17, 15) is 19.8 Å². The molecule has 5 rings (SSSR count). The monoisotopic (exact) mass is 520 g/mol. The van der Waals surface area contributed by atoms with Crippen LogP contribution in [0.5, 0.6) is 40.2 Å². The molecule has 0 aliphatic carbocycles. The number of esters is 1. The van der Waals surface area contributed by atoms with Crippen LogP contribution in [0, 0.1) is 0 Å². The van der Waals surface area contributed by atoms with Gasteiger partial charge in [0.25, 0.3) is 0 Å². The summed E-state index contributed by atoms with van der Waals surface area (Å²) in [5.41, 5.74) is 0.844. The number of ether oxygens (including phenoxy) is 5. The summed E-state index contributed by atoms with van der Waals surface area (Å²) < 4.78 is 33.3. The summed E-state index contributed by atoms with van der Waals surface area (Å²) in [6.45, 7) is 0. The molecule has 0 amide bonds. The number of phenolic OH excluding ortho intramolecular Hbond substituents is 2. The first-order valence-corrected chi connectivity index (χ1v) is 11.5. The van der Waals surface area contributed by atoms with E-state index in [1.54, 1.807) is 18.2 Å². The number of methoxy groups -OCH3 is 4. The standard InChI is InChI=1S/C28H24O10/c1-33-19-7-5-13(9-16(19)29)21-11-17(30)25-18(31)12-22-24(28(25)38-21)15(10-23(32)37-22)14-6-8-20(34-2)27(36-4)26(14)35-3/h5-9,11-12,15,29,31H,10H2,1-4H3/t15-/m0/s1. The minimum Gasteiger partial charge on any atom is -0.507 e. The summed E-state index contributed by atoms with van der Waals surface area (Å²) in [5, 5.41) is 20.9. The molecule has 1 aliphatic rings. The molecule has 10 heteroatoms. The minimum atomic E-state index is -0.688. The van der Waals surface area contributed by atoms with Gasteiger partial charge in [0.1, 0.15) is 28.2 Å². The Labute approximate surface area is 216 Å². The molecule has 1 aromatic heterocycles. The van der Waals surface area contributed by atoms with Crippen LogP contribution in [0.3, 0.4) is 0 Å². The van der Waals surface area contributed by atoms with Crippen molar-refractivity contribution in [1.29, 1.82) is 0 Å². The molecule has 0 unspecified atom stereocenters. The molecule has 0 saturated heterocycles. The third-order valence-electron chi connectivity index (χ3n) is 6.50. The molecule has 2 heterocycles. The topological polar surface area (TPSA) is 134 Å². The summed E-state index contributed by atoms with van der Waals surface area (Å²) in [4.78, 5) is 25.9. The SMILES string of the molecule is COc1ccc(-c2cc(=O)c3c(O)cc4c(c3o2)[C@H](c2ccc(OC)c(OC)c2OC)CC(=O)O4)cc1O. The molecule has 2 N–H and O–H groups in total. The lowest BCUT2D eigenvalue weighted by Gasteiger charge is -2.28. The first kappa shape index (κ1) is 24.8. The highest BCUT2D eigenvalue weighted by Crippen LogP contribution is 2.51. The zero-order valence-electron chi connectivity index (χ0n) is 21.0.